The van der Waals surface area contributed by atoms with Crippen molar-refractivity contribution < 1.29 is 19.4 Å². The quantitative estimate of drug-likeness (QED) is 0.882. The maximum atomic E-state index is 10.9. The second-order valence-corrected chi connectivity index (χ2v) is 4.63. The summed E-state index contributed by atoms with van der Waals surface area (Å²) in [5.74, 6) is -0.0443. The number of aromatic carboxylic acids is 1. The maximum absolute atomic E-state index is 10.9. The second-order valence-electron chi connectivity index (χ2n) is 4.63. The first kappa shape index (κ1) is 14.9. The highest BCUT2D eigenvalue weighted by Gasteiger charge is 2.10. The molecule has 4 heteroatoms. The topological polar surface area (TPSA) is 55.8 Å². The summed E-state index contributed by atoms with van der Waals surface area (Å²) in [6.45, 7) is 2.52. The van der Waals surface area contributed by atoms with Crippen LogP contribution in [0.15, 0.2) is 42.5 Å². The molecule has 21 heavy (non-hydrogen) atoms. The molecule has 0 atom stereocenters. The van der Waals surface area contributed by atoms with Crippen LogP contribution in [0.5, 0.6) is 11.5 Å². The molecule has 0 spiro atoms. The number of benzene rings is 2. The van der Waals surface area contributed by atoms with Gasteiger partial charge in [0.15, 0.2) is 11.5 Å². The first-order valence-electron chi connectivity index (χ1n) is 6.76. The van der Waals surface area contributed by atoms with Crippen molar-refractivity contribution >= 4 is 5.97 Å². The van der Waals surface area contributed by atoms with E-state index in [2.05, 4.69) is 19.1 Å². The van der Waals surface area contributed by atoms with Gasteiger partial charge in [-0.2, -0.15) is 0 Å². The number of carboxylic acids is 1. The van der Waals surface area contributed by atoms with Crippen molar-refractivity contribution in [1.29, 1.82) is 0 Å². The second kappa shape index (κ2) is 6.79. The van der Waals surface area contributed by atoms with Crippen molar-refractivity contribution in [2.45, 2.75) is 20.0 Å². The minimum Gasteiger partial charge on any atom is -0.493 e. The summed E-state index contributed by atoms with van der Waals surface area (Å²) in [6.07, 6.45) is 1.01. The molecular formula is C17H18O4. The lowest BCUT2D eigenvalue weighted by Gasteiger charge is -2.11. The third-order valence-corrected chi connectivity index (χ3v) is 3.24. The molecule has 110 valence electrons. The predicted octanol–water partition coefficient (Wildman–Crippen LogP) is 3.53. The summed E-state index contributed by atoms with van der Waals surface area (Å²) in [6, 6.07) is 12.8. The standard InChI is InChI=1S/C17H18O4/c1-3-12-4-6-13(7-5-12)11-21-15-9-8-14(17(18)19)10-16(15)20-2/h4-10H,3,11H2,1-2H3,(H,18,19). The van der Waals surface area contributed by atoms with Crippen LogP contribution in [-0.4, -0.2) is 18.2 Å². The van der Waals surface area contributed by atoms with E-state index in [0.29, 0.717) is 18.1 Å². The van der Waals surface area contributed by atoms with E-state index in [4.69, 9.17) is 14.6 Å². The number of carboxylic acid groups (broad SMARTS) is 1. The number of carbonyl (C=O) groups is 1. The smallest absolute Gasteiger partial charge is 0.335 e. The van der Waals surface area contributed by atoms with Crippen LogP contribution in [-0.2, 0) is 13.0 Å². The highest BCUT2D eigenvalue weighted by atomic mass is 16.5. The lowest BCUT2D eigenvalue weighted by Crippen LogP contribution is -2.01. The summed E-state index contributed by atoms with van der Waals surface area (Å²) in [7, 11) is 1.49. The van der Waals surface area contributed by atoms with Crippen molar-refractivity contribution in [2.75, 3.05) is 7.11 Å². The monoisotopic (exact) mass is 286 g/mol. The van der Waals surface area contributed by atoms with Crippen molar-refractivity contribution in [2.24, 2.45) is 0 Å². The van der Waals surface area contributed by atoms with Crippen molar-refractivity contribution in [3.8, 4) is 11.5 Å². The van der Waals surface area contributed by atoms with Gasteiger partial charge in [-0.15, -0.1) is 0 Å². The Kier molecular flexibility index (Phi) is 4.82. The molecule has 0 radical (unpaired) electrons. The molecule has 0 aliphatic heterocycles. The molecular weight excluding hydrogens is 268 g/mol. The minimum atomic E-state index is -0.991. The van der Waals surface area contributed by atoms with Crippen LogP contribution in [0.1, 0.15) is 28.4 Å². The van der Waals surface area contributed by atoms with Gasteiger partial charge in [0, 0.05) is 0 Å². The molecule has 0 heterocycles. The van der Waals surface area contributed by atoms with E-state index < -0.39 is 5.97 Å². The zero-order valence-corrected chi connectivity index (χ0v) is 12.1. The molecule has 2 aromatic rings. The normalized spacial score (nSPS) is 10.2. The number of hydrogen-bond acceptors (Lipinski definition) is 3. The zero-order chi connectivity index (χ0) is 15.2. The Morgan fingerprint density at radius 2 is 1.71 bits per heavy atom. The molecule has 0 aliphatic rings. The third-order valence-electron chi connectivity index (χ3n) is 3.24. The van der Waals surface area contributed by atoms with E-state index in [1.54, 1.807) is 6.07 Å². The molecule has 2 aromatic carbocycles. The Bertz CT molecular complexity index is 617. The van der Waals surface area contributed by atoms with Crippen LogP contribution in [0.3, 0.4) is 0 Å². The van der Waals surface area contributed by atoms with Gasteiger partial charge in [-0.25, -0.2) is 4.79 Å². The molecule has 2 rings (SSSR count). The van der Waals surface area contributed by atoms with E-state index >= 15 is 0 Å². The van der Waals surface area contributed by atoms with E-state index in [1.165, 1.54) is 24.8 Å². The lowest BCUT2D eigenvalue weighted by atomic mass is 10.1. The average Bonchev–Trinajstić information content (AvgIpc) is 2.53. The molecule has 0 fully saturated rings. The summed E-state index contributed by atoms with van der Waals surface area (Å²) >= 11 is 0. The molecule has 4 nitrogen and oxygen atoms in total. The fraction of sp³-hybridized carbons (Fsp3) is 0.235. The molecule has 0 saturated heterocycles. The largest absolute Gasteiger partial charge is 0.493 e. The molecule has 0 amide bonds. The molecule has 0 unspecified atom stereocenters. The molecule has 0 aromatic heterocycles. The van der Waals surface area contributed by atoms with Gasteiger partial charge in [0.05, 0.1) is 12.7 Å². The Labute approximate surface area is 123 Å². The van der Waals surface area contributed by atoms with Gasteiger partial charge < -0.3 is 14.6 Å². The zero-order valence-electron chi connectivity index (χ0n) is 12.1. The third kappa shape index (κ3) is 3.75. The molecule has 0 saturated carbocycles. The van der Waals surface area contributed by atoms with E-state index in [0.717, 1.165) is 12.0 Å². The number of aryl methyl sites for hydroxylation is 1. The first-order valence-corrected chi connectivity index (χ1v) is 6.76. The summed E-state index contributed by atoms with van der Waals surface area (Å²) in [5, 5.41) is 8.96. The number of rotatable bonds is 6. The highest BCUT2D eigenvalue weighted by molar-refractivity contribution is 5.88. The summed E-state index contributed by atoms with van der Waals surface area (Å²) < 4.78 is 10.9. The Morgan fingerprint density at radius 1 is 1.05 bits per heavy atom. The highest BCUT2D eigenvalue weighted by Crippen LogP contribution is 2.28. The number of hydrogen-bond donors (Lipinski definition) is 1. The van der Waals surface area contributed by atoms with E-state index in [1.807, 2.05) is 12.1 Å². The summed E-state index contributed by atoms with van der Waals surface area (Å²) in [4.78, 5) is 10.9. The van der Waals surface area contributed by atoms with Crippen LogP contribution < -0.4 is 9.47 Å². The fourth-order valence-electron chi connectivity index (χ4n) is 1.95. The predicted molar refractivity (Wildman–Crippen MR) is 80.1 cm³/mol. The molecule has 0 aliphatic carbocycles. The maximum Gasteiger partial charge on any atom is 0.335 e. The fourth-order valence-corrected chi connectivity index (χ4v) is 1.95. The lowest BCUT2D eigenvalue weighted by molar-refractivity contribution is 0.0696. The van der Waals surface area contributed by atoms with Crippen molar-refractivity contribution in [3.63, 3.8) is 0 Å². The first-order chi connectivity index (χ1) is 10.1. The number of methoxy groups -OCH3 is 1. The van der Waals surface area contributed by atoms with E-state index in [-0.39, 0.29) is 5.56 Å². The summed E-state index contributed by atoms with van der Waals surface area (Å²) in [5.41, 5.74) is 2.50. The Balaban J connectivity index is 2.09. The van der Waals surface area contributed by atoms with Gasteiger partial charge >= 0.3 is 5.97 Å². The van der Waals surface area contributed by atoms with Gasteiger partial charge in [-0.1, -0.05) is 31.2 Å². The van der Waals surface area contributed by atoms with Crippen LogP contribution in [0.2, 0.25) is 0 Å². The van der Waals surface area contributed by atoms with Crippen LogP contribution in [0.25, 0.3) is 0 Å². The van der Waals surface area contributed by atoms with Crippen LogP contribution in [0, 0.1) is 0 Å². The van der Waals surface area contributed by atoms with Crippen molar-refractivity contribution in [1.82, 2.24) is 0 Å². The SMILES string of the molecule is CCc1ccc(COc2ccc(C(=O)O)cc2OC)cc1. The van der Waals surface area contributed by atoms with Crippen LogP contribution >= 0.6 is 0 Å². The van der Waals surface area contributed by atoms with E-state index in [9.17, 15) is 4.79 Å². The Hall–Kier alpha value is -2.49. The molecule has 1 N–H and O–H groups in total. The van der Waals surface area contributed by atoms with Gasteiger partial charge in [-0.3, -0.25) is 0 Å². The van der Waals surface area contributed by atoms with Gasteiger partial charge in [0.1, 0.15) is 6.61 Å². The number of ether oxygens (including phenoxy) is 2. The van der Waals surface area contributed by atoms with Crippen molar-refractivity contribution in [3.05, 3.63) is 59.2 Å². The van der Waals surface area contributed by atoms with Crippen LogP contribution in [0.4, 0.5) is 0 Å². The average molecular weight is 286 g/mol. The van der Waals surface area contributed by atoms with Gasteiger partial charge in [0.25, 0.3) is 0 Å². The van der Waals surface area contributed by atoms with Gasteiger partial charge in [0.2, 0.25) is 0 Å². The molecule has 0 bridgehead atoms. The Morgan fingerprint density at radius 3 is 2.29 bits per heavy atom. The van der Waals surface area contributed by atoms with Gasteiger partial charge in [-0.05, 0) is 35.7 Å². The minimum absolute atomic E-state index is 0.173.